The highest BCUT2D eigenvalue weighted by molar-refractivity contribution is 6.25. The van der Waals surface area contributed by atoms with E-state index in [-0.39, 0.29) is 5.41 Å². The normalized spacial score (nSPS) is 18.2. The van der Waals surface area contributed by atoms with Gasteiger partial charge in [-0.2, -0.15) is 0 Å². The SMILES string of the molecule is CC1(C)C2=C(c3cccc(-c4ccc(-c5c6ccccc6c(-c6cccc7ccccc67)c6ccccc56)c5ccccc45)c31)C1C=CC=CC1C=C2. The molecule has 11 rings (SSSR count). The average Bonchev–Trinajstić information content (AvgIpc) is 3.46. The number of rotatable bonds is 3. The zero-order valence-electron chi connectivity index (χ0n) is 30.0. The van der Waals surface area contributed by atoms with Crippen LogP contribution in [-0.4, -0.2) is 0 Å². The van der Waals surface area contributed by atoms with Crippen LogP contribution >= 0.6 is 0 Å². The van der Waals surface area contributed by atoms with Crippen LogP contribution in [0.25, 0.3) is 82.0 Å². The van der Waals surface area contributed by atoms with Gasteiger partial charge in [-0.25, -0.2) is 0 Å². The Morgan fingerprint density at radius 1 is 0.396 bits per heavy atom. The van der Waals surface area contributed by atoms with Crippen molar-refractivity contribution in [2.24, 2.45) is 11.8 Å². The smallest absolute Gasteiger partial charge is 0.0161 e. The van der Waals surface area contributed by atoms with Crippen molar-refractivity contribution < 1.29 is 0 Å². The molecule has 0 heteroatoms. The number of hydrogen-bond donors (Lipinski definition) is 0. The first-order valence-corrected chi connectivity index (χ1v) is 19.0. The summed E-state index contributed by atoms with van der Waals surface area (Å²) in [7, 11) is 0. The second-order valence-corrected chi connectivity index (χ2v) is 15.5. The lowest BCUT2D eigenvalue weighted by molar-refractivity contribution is 0.629. The molecule has 3 aliphatic rings. The maximum absolute atomic E-state index is 2.43. The number of allylic oxidation sites excluding steroid dienone is 8. The molecule has 0 heterocycles. The molecule has 0 amide bonds. The fraction of sp³-hybridized carbons (Fsp3) is 0.0943. The monoisotopic (exact) mass is 674 g/mol. The fourth-order valence-electron chi connectivity index (χ4n) is 10.2. The molecule has 0 spiro atoms. The average molecular weight is 675 g/mol. The second kappa shape index (κ2) is 11.4. The number of hydrogen-bond acceptors (Lipinski definition) is 0. The maximum atomic E-state index is 2.43. The van der Waals surface area contributed by atoms with Crippen LogP contribution in [0.15, 0.2) is 188 Å². The molecule has 0 nitrogen and oxygen atoms in total. The van der Waals surface area contributed by atoms with E-state index in [1.54, 1.807) is 0 Å². The van der Waals surface area contributed by atoms with Gasteiger partial charge >= 0.3 is 0 Å². The topological polar surface area (TPSA) is 0 Å². The van der Waals surface area contributed by atoms with E-state index in [2.05, 4.69) is 196 Å². The van der Waals surface area contributed by atoms with Gasteiger partial charge in [0.1, 0.15) is 0 Å². The highest BCUT2D eigenvalue weighted by Gasteiger charge is 2.43. The van der Waals surface area contributed by atoms with E-state index in [0.29, 0.717) is 11.8 Å². The molecule has 0 saturated heterocycles. The largest absolute Gasteiger partial charge is 0.0767 e. The van der Waals surface area contributed by atoms with Gasteiger partial charge in [0, 0.05) is 17.3 Å². The van der Waals surface area contributed by atoms with Crippen molar-refractivity contribution in [1.82, 2.24) is 0 Å². The lowest BCUT2D eigenvalue weighted by atomic mass is 9.73. The first-order chi connectivity index (χ1) is 26.1. The number of benzene rings is 8. The molecule has 2 unspecified atom stereocenters. The van der Waals surface area contributed by atoms with Gasteiger partial charge in [-0.3, -0.25) is 0 Å². The Labute approximate surface area is 310 Å². The summed E-state index contributed by atoms with van der Waals surface area (Å²) in [5.41, 5.74) is 13.5. The van der Waals surface area contributed by atoms with E-state index in [1.807, 2.05) is 0 Å². The molecule has 0 bridgehead atoms. The van der Waals surface area contributed by atoms with Gasteiger partial charge in [-0.1, -0.05) is 196 Å². The van der Waals surface area contributed by atoms with Gasteiger partial charge < -0.3 is 0 Å². The van der Waals surface area contributed by atoms with Crippen molar-refractivity contribution in [1.29, 1.82) is 0 Å². The van der Waals surface area contributed by atoms with Crippen LogP contribution in [0.2, 0.25) is 0 Å². The Morgan fingerprint density at radius 3 is 1.58 bits per heavy atom. The van der Waals surface area contributed by atoms with Crippen LogP contribution in [0.4, 0.5) is 0 Å². The predicted octanol–water partition coefficient (Wildman–Crippen LogP) is 14.3. The lowest BCUT2D eigenvalue weighted by Crippen LogP contribution is -2.20. The molecule has 0 N–H and O–H groups in total. The van der Waals surface area contributed by atoms with Crippen molar-refractivity contribution in [3.05, 3.63) is 199 Å². The quantitative estimate of drug-likeness (QED) is 0.164. The minimum Gasteiger partial charge on any atom is -0.0767 e. The van der Waals surface area contributed by atoms with E-state index in [4.69, 9.17) is 0 Å². The summed E-state index contributed by atoms with van der Waals surface area (Å²) in [6.45, 7) is 4.86. The van der Waals surface area contributed by atoms with Gasteiger partial charge in [-0.15, -0.1) is 0 Å². The molecule has 8 aromatic rings. The van der Waals surface area contributed by atoms with Crippen molar-refractivity contribution in [3.63, 3.8) is 0 Å². The lowest BCUT2D eigenvalue weighted by Gasteiger charge is -2.30. The Hall–Kier alpha value is -6.24. The van der Waals surface area contributed by atoms with Gasteiger partial charge in [-0.05, 0) is 98.7 Å². The molecule has 0 radical (unpaired) electrons. The van der Waals surface area contributed by atoms with Crippen LogP contribution < -0.4 is 0 Å². The third-order valence-corrected chi connectivity index (χ3v) is 12.4. The van der Waals surface area contributed by atoms with Crippen molar-refractivity contribution in [3.8, 4) is 33.4 Å². The van der Waals surface area contributed by atoms with Gasteiger partial charge in [0.15, 0.2) is 0 Å². The first-order valence-electron chi connectivity index (χ1n) is 19.0. The Kier molecular flexibility index (Phi) is 6.53. The zero-order chi connectivity index (χ0) is 35.3. The molecule has 0 saturated carbocycles. The van der Waals surface area contributed by atoms with E-state index in [1.165, 1.54) is 98.7 Å². The molecule has 0 aliphatic heterocycles. The zero-order valence-corrected chi connectivity index (χ0v) is 30.0. The van der Waals surface area contributed by atoms with Gasteiger partial charge in [0.2, 0.25) is 0 Å². The third-order valence-electron chi connectivity index (χ3n) is 12.4. The Morgan fingerprint density at radius 2 is 0.887 bits per heavy atom. The third kappa shape index (κ3) is 4.30. The van der Waals surface area contributed by atoms with E-state index in [0.717, 1.165) is 0 Å². The summed E-state index contributed by atoms with van der Waals surface area (Å²) in [4.78, 5) is 0. The first kappa shape index (κ1) is 30.4. The Balaban J connectivity index is 1.16. The van der Waals surface area contributed by atoms with Crippen molar-refractivity contribution >= 4 is 48.7 Å². The maximum Gasteiger partial charge on any atom is 0.0161 e. The highest BCUT2D eigenvalue weighted by Crippen LogP contribution is 2.57. The summed E-state index contributed by atoms with van der Waals surface area (Å²) in [6, 6.07) is 54.5. The van der Waals surface area contributed by atoms with E-state index < -0.39 is 0 Å². The van der Waals surface area contributed by atoms with Gasteiger partial charge in [0.25, 0.3) is 0 Å². The fourth-order valence-corrected chi connectivity index (χ4v) is 10.2. The number of fused-ring (bicyclic) bond motifs is 8. The van der Waals surface area contributed by atoms with Crippen LogP contribution in [0.5, 0.6) is 0 Å². The minimum atomic E-state index is -0.110. The summed E-state index contributed by atoms with van der Waals surface area (Å²) >= 11 is 0. The molecule has 2 atom stereocenters. The summed E-state index contributed by atoms with van der Waals surface area (Å²) in [5, 5.41) is 10.2. The Bertz CT molecular complexity index is 2920. The van der Waals surface area contributed by atoms with Crippen molar-refractivity contribution in [2.45, 2.75) is 19.3 Å². The molecule has 0 aromatic heterocycles. The van der Waals surface area contributed by atoms with E-state index in [9.17, 15) is 0 Å². The van der Waals surface area contributed by atoms with Crippen molar-refractivity contribution in [2.75, 3.05) is 0 Å². The van der Waals surface area contributed by atoms with Crippen LogP contribution in [0.1, 0.15) is 25.0 Å². The summed E-state index contributed by atoms with van der Waals surface area (Å²) in [6.07, 6.45) is 14.0. The van der Waals surface area contributed by atoms with Gasteiger partial charge in [0.05, 0.1) is 0 Å². The van der Waals surface area contributed by atoms with Crippen LogP contribution in [0.3, 0.4) is 0 Å². The van der Waals surface area contributed by atoms with Crippen LogP contribution in [0, 0.1) is 11.8 Å². The molecule has 53 heavy (non-hydrogen) atoms. The standard InChI is InChI=1S/C53H38/c1-53(2)48-32-29-34-16-4-6-19-36(34)51(48)47-28-14-27-46(52(47)53)39-30-31-45(38-21-8-7-20-37(38)39)50-43-24-11-9-22-41(43)49(42-23-10-12-25-44(42)50)40-26-13-17-33-15-3-5-18-35(33)40/h3-32,34,36H,1-2H3. The molecule has 0 fully saturated rings. The highest BCUT2D eigenvalue weighted by atomic mass is 14.5. The van der Waals surface area contributed by atoms with E-state index >= 15 is 0 Å². The second-order valence-electron chi connectivity index (χ2n) is 15.5. The molecule has 250 valence electrons. The summed E-state index contributed by atoms with van der Waals surface area (Å²) in [5.74, 6) is 0.800. The summed E-state index contributed by atoms with van der Waals surface area (Å²) < 4.78 is 0. The molecular formula is C53H38. The molecule has 3 aliphatic carbocycles. The molecule has 8 aromatic carbocycles. The molecular weight excluding hydrogens is 637 g/mol. The predicted molar refractivity (Wildman–Crippen MR) is 227 cm³/mol. The minimum absolute atomic E-state index is 0.110. The van der Waals surface area contributed by atoms with Crippen LogP contribution in [-0.2, 0) is 5.41 Å².